The average Bonchev–Trinajstić information content (AvgIpc) is 2.94. The normalized spacial score (nSPS) is 11.2. The highest BCUT2D eigenvalue weighted by Crippen LogP contribution is 2.34. The van der Waals surface area contributed by atoms with Crippen LogP contribution in [0.2, 0.25) is 0 Å². The second-order valence-electron chi connectivity index (χ2n) is 8.52. The first-order valence-corrected chi connectivity index (χ1v) is 11.5. The Bertz CT molecular complexity index is 1900. The molecule has 6 rings (SSSR count). The van der Waals surface area contributed by atoms with Crippen molar-refractivity contribution in [3.05, 3.63) is 112 Å². The molecule has 0 fully saturated rings. The van der Waals surface area contributed by atoms with Crippen LogP contribution in [0.25, 0.3) is 43.6 Å². The highest BCUT2D eigenvalue weighted by molar-refractivity contribution is 6.23. The van der Waals surface area contributed by atoms with Crippen LogP contribution in [0.4, 0.5) is 5.69 Å². The van der Waals surface area contributed by atoms with Crippen LogP contribution < -0.4 is 0 Å². The van der Waals surface area contributed by atoms with Crippen LogP contribution >= 0.6 is 0 Å². The van der Waals surface area contributed by atoms with Crippen molar-refractivity contribution in [1.82, 2.24) is 9.97 Å². The molecule has 8 heteroatoms. The number of non-ortho nitro benzene ring substituents is 1. The Morgan fingerprint density at radius 3 is 1.84 bits per heavy atom. The topological polar surface area (TPSA) is 112 Å². The summed E-state index contributed by atoms with van der Waals surface area (Å²) in [6.45, 7) is -0.491. The Hall–Kier alpha value is -5.24. The number of ketones is 1. The van der Waals surface area contributed by atoms with Crippen molar-refractivity contribution in [3.8, 4) is 0 Å². The molecule has 0 unspecified atom stereocenters. The van der Waals surface area contributed by atoms with Gasteiger partial charge in [-0.25, -0.2) is 14.8 Å². The Balaban J connectivity index is 1.33. The van der Waals surface area contributed by atoms with Gasteiger partial charge in [0.1, 0.15) is 0 Å². The molecule has 0 amide bonds. The van der Waals surface area contributed by atoms with Gasteiger partial charge in [0.2, 0.25) is 0 Å². The van der Waals surface area contributed by atoms with E-state index in [1.807, 2.05) is 36.4 Å². The van der Waals surface area contributed by atoms with Gasteiger partial charge in [-0.1, -0.05) is 48.5 Å². The SMILES string of the molecule is O=C(COC(=O)c1ccc2nc3c4ccccc4c4ccccc4c3nc2c1)c1ccc([N+](=O)[O-])cc1. The summed E-state index contributed by atoms with van der Waals surface area (Å²) in [6.07, 6.45) is 0. The third-order valence-corrected chi connectivity index (χ3v) is 6.29. The molecule has 8 nitrogen and oxygen atoms in total. The summed E-state index contributed by atoms with van der Waals surface area (Å²) in [6, 6.07) is 26.1. The molecule has 0 aliphatic heterocycles. The fourth-order valence-electron chi connectivity index (χ4n) is 4.47. The van der Waals surface area contributed by atoms with Crippen LogP contribution in [-0.2, 0) is 4.74 Å². The molecule has 0 aliphatic carbocycles. The number of aromatic nitrogens is 2. The maximum absolute atomic E-state index is 12.7. The monoisotopic (exact) mass is 487 g/mol. The lowest BCUT2D eigenvalue weighted by molar-refractivity contribution is -0.384. The zero-order chi connectivity index (χ0) is 25.5. The smallest absolute Gasteiger partial charge is 0.338 e. The average molecular weight is 487 g/mol. The van der Waals surface area contributed by atoms with Crippen molar-refractivity contribution < 1.29 is 19.2 Å². The summed E-state index contributed by atoms with van der Waals surface area (Å²) in [5, 5.41) is 14.9. The van der Waals surface area contributed by atoms with E-state index in [0.717, 1.165) is 32.6 Å². The van der Waals surface area contributed by atoms with Crippen LogP contribution in [-0.4, -0.2) is 33.3 Å². The standard InChI is InChI=1S/C29H17N3O5/c33-26(17-9-12-19(13-10-17)32(35)36)16-37-29(34)18-11-14-24-25(15-18)31-28-23-8-4-2-6-21(23)20-5-1-3-7-22(20)27(28)30-24/h1-15H,16H2. The second-order valence-corrected chi connectivity index (χ2v) is 8.52. The van der Waals surface area contributed by atoms with Crippen molar-refractivity contribution >= 4 is 61.1 Å². The molecule has 0 N–H and O–H groups in total. The molecular weight excluding hydrogens is 470 g/mol. The first-order chi connectivity index (χ1) is 18.0. The minimum Gasteiger partial charge on any atom is -0.454 e. The van der Waals surface area contributed by atoms with E-state index in [0.29, 0.717) is 11.0 Å². The number of fused-ring (bicyclic) bond motifs is 7. The lowest BCUT2D eigenvalue weighted by Gasteiger charge is -2.10. The molecule has 0 radical (unpaired) electrons. The summed E-state index contributed by atoms with van der Waals surface area (Å²) in [7, 11) is 0. The fraction of sp³-hybridized carbons (Fsp3) is 0.0345. The van der Waals surface area contributed by atoms with E-state index in [9.17, 15) is 19.7 Å². The Labute approximate surface area is 209 Å². The summed E-state index contributed by atoms with van der Waals surface area (Å²) in [5.74, 6) is -1.14. The van der Waals surface area contributed by atoms with E-state index in [4.69, 9.17) is 14.7 Å². The molecule has 37 heavy (non-hydrogen) atoms. The molecule has 0 bridgehead atoms. The molecule has 1 aromatic heterocycles. The lowest BCUT2D eigenvalue weighted by atomic mass is 9.99. The van der Waals surface area contributed by atoms with E-state index < -0.39 is 23.3 Å². The number of ether oxygens (including phenoxy) is 1. The molecule has 1 heterocycles. The third kappa shape index (κ3) is 3.90. The largest absolute Gasteiger partial charge is 0.454 e. The number of benzene rings is 5. The molecule has 0 saturated heterocycles. The van der Waals surface area contributed by atoms with Gasteiger partial charge in [-0.3, -0.25) is 14.9 Å². The van der Waals surface area contributed by atoms with E-state index in [2.05, 4.69) is 12.1 Å². The zero-order valence-corrected chi connectivity index (χ0v) is 19.3. The number of nitro benzene ring substituents is 1. The molecule has 0 aliphatic rings. The summed E-state index contributed by atoms with van der Waals surface area (Å²) in [4.78, 5) is 45.1. The van der Waals surface area contributed by atoms with E-state index in [-0.39, 0.29) is 16.8 Å². The van der Waals surface area contributed by atoms with Crippen LogP contribution in [0, 0.1) is 10.1 Å². The van der Waals surface area contributed by atoms with Gasteiger partial charge in [0, 0.05) is 28.5 Å². The van der Waals surface area contributed by atoms with Gasteiger partial charge in [0.15, 0.2) is 12.4 Å². The number of Topliss-reactive ketones (excluding diaryl/α,β-unsaturated/α-hetero) is 1. The maximum atomic E-state index is 12.7. The lowest BCUT2D eigenvalue weighted by Crippen LogP contribution is -2.14. The third-order valence-electron chi connectivity index (χ3n) is 6.29. The second kappa shape index (κ2) is 8.76. The minimum absolute atomic E-state index is 0.126. The van der Waals surface area contributed by atoms with E-state index >= 15 is 0 Å². The molecule has 0 saturated carbocycles. The van der Waals surface area contributed by atoms with Crippen molar-refractivity contribution in [2.24, 2.45) is 0 Å². The van der Waals surface area contributed by atoms with Crippen LogP contribution in [0.3, 0.4) is 0 Å². The van der Waals surface area contributed by atoms with Crippen LogP contribution in [0.5, 0.6) is 0 Å². The number of nitro groups is 1. The first-order valence-electron chi connectivity index (χ1n) is 11.5. The summed E-state index contributed by atoms with van der Waals surface area (Å²) >= 11 is 0. The minimum atomic E-state index is -0.678. The molecule has 5 aromatic carbocycles. The fourth-order valence-corrected chi connectivity index (χ4v) is 4.47. The first kappa shape index (κ1) is 22.2. The van der Waals surface area contributed by atoms with Crippen molar-refractivity contribution in [3.63, 3.8) is 0 Å². The van der Waals surface area contributed by atoms with E-state index in [1.165, 1.54) is 24.3 Å². The Morgan fingerprint density at radius 2 is 1.24 bits per heavy atom. The van der Waals surface area contributed by atoms with E-state index in [1.54, 1.807) is 18.2 Å². The van der Waals surface area contributed by atoms with Crippen molar-refractivity contribution in [1.29, 1.82) is 0 Å². The van der Waals surface area contributed by atoms with Crippen LogP contribution in [0.1, 0.15) is 20.7 Å². The number of rotatable bonds is 5. The number of esters is 1. The number of carbonyl (C=O) groups is 2. The molecule has 6 aromatic rings. The van der Waals surface area contributed by atoms with Gasteiger partial charge >= 0.3 is 5.97 Å². The highest BCUT2D eigenvalue weighted by atomic mass is 16.6. The van der Waals surface area contributed by atoms with Gasteiger partial charge in [-0.05, 0) is 41.1 Å². The zero-order valence-electron chi connectivity index (χ0n) is 19.3. The number of hydrogen-bond donors (Lipinski definition) is 0. The quantitative estimate of drug-likeness (QED) is 0.0728. The van der Waals surface area contributed by atoms with Gasteiger partial charge in [-0.15, -0.1) is 0 Å². The van der Waals surface area contributed by atoms with Gasteiger partial charge in [0.25, 0.3) is 5.69 Å². The predicted molar refractivity (Wildman–Crippen MR) is 140 cm³/mol. The van der Waals surface area contributed by atoms with Gasteiger partial charge < -0.3 is 4.74 Å². The van der Waals surface area contributed by atoms with Crippen LogP contribution in [0.15, 0.2) is 91.0 Å². The number of nitrogens with zero attached hydrogens (tertiary/aromatic N) is 3. The summed E-state index contributed by atoms with van der Waals surface area (Å²) in [5.41, 5.74) is 3.01. The van der Waals surface area contributed by atoms with Gasteiger partial charge in [0.05, 0.1) is 32.6 Å². The predicted octanol–water partition coefficient (Wildman–Crippen LogP) is 6.04. The molecule has 178 valence electrons. The number of carbonyl (C=O) groups excluding carboxylic acids is 2. The highest BCUT2D eigenvalue weighted by Gasteiger charge is 2.16. The molecule has 0 atom stereocenters. The number of hydrogen-bond acceptors (Lipinski definition) is 7. The van der Waals surface area contributed by atoms with Crippen molar-refractivity contribution in [2.45, 2.75) is 0 Å². The summed E-state index contributed by atoms with van der Waals surface area (Å²) < 4.78 is 5.22. The van der Waals surface area contributed by atoms with Crippen molar-refractivity contribution in [2.75, 3.05) is 6.61 Å². The molecule has 0 spiro atoms. The Kier molecular flexibility index (Phi) is 5.27. The maximum Gasteiger partial charge on any atom is 0.338 e. The molecular formula is C29H17N3O5. The van der Waals surface area contributed by atoms with Gasteiger partial charge in [-0.2, -0.15) is 0 Å². The Morgan fingerprint density at radius 1 is 0.703 bits per heavy atom.